The highest BCUT2D eigenvalue weighted by Gasteiger charge is 2.39. The fraction of sp³-hybridized carbons (Fsp3) is 0.364. The third-order valence-electron chi connectivity index (χ3n) is 4.58. The van der Waals surface area contributed by atoms with Crippen molar-refractivity contribution in [3.63, 3.8) is 0 Å². The van der Waals surface area contributed by atoms with Crippen LogP contribution in [0.3, 0.4) is 0 Å². The van der Waals surface area contributed by atoms with Gasteiger partial charge in [0.05, 0.1) is 6.42 Å². The highest BCUT2D eigenvalue weighted by molar-refractivity contribution is 6.31. The van der Waals surface area contributed by atoms with Gasteiger partial charge in [0.2, 0.25) is 0 Å². The zero-order valence-electron chi connectivity index (χ0n) is 16.5. The molecule has 29 heavy (non-hydrogen) atoms. The van der Waals surface area contributed by atoms with Crippen LogP contribution in [-0.2, 0) is 14.3 Å². The summed E-state index contributed by atoms with van der Waals surface area (Å²) in [7, 11) is 0. The highest BCUT2D eigenvalue weighted by Crippen LogP contribution is 2.42. The fourth-order valence-electron chi connectivity index (χ4n) is 3.43. The second-order valence-electron chi connectivity index (χ2n) is 8.31. The van der Waals surface area contributed by atoms with E-state index < -0.39 is 24.6 Å². The van der Waals surface area contributed by atoms with Crippen molar-refractivity contribution in [3.05, 3.63) is 63.6 Å². The molecule has 0 bridgehead atoms. The van der Waals surface area contributed by atoms with Crippen LogP contribution in [0.5, 0.6) is 0 Å². The summed E-state index contributed by atoms with van der Waals surface area (Å²) in [6.07, 6.45) is -2.32. The van der Waals surface area contributed by atoms with Gasteiger partial charge in [0.15, 0.2) is 0 Å². The zero-order chi connectivity index (χ0) is 21.3. The molecule has 1 aliphatic rings. The maximum absolute atomic E-state index is 13.3. The standard InChI is InChI=1S/C22H23Cl2NO4/c1-22(2,3)12-25-17-9-8-13(23)10-15(17)20(14-6-4-5-7-16(14)24)29-18(21(25)28)11-19(26)27/h4-10,18,20H,11-12H2,1-3H3,(H,26,27)/t18-,20-/m1/s1. The molecule has 0 saturated carbocycles. The molecule has 0 spiro atoms. The van der Waals surface area contributed by atoms with Gasteiger partial charge < -0.3 is 14.7 Å². The minimum absolute atomic E-state index is 0.218. The van der Waals surface area contributed by atoms with E-state index >= 15 is 0 Å². The summed E-state index contributed by atoms with van der Waals surface area (Å²) in [5.74, 6) is -1.50. The predicted molar refractivity (Wildman–Crippen MR) is 114 cm³/mol. The molecular formula is C22H23Cl2NO4. The summed E-state index contributed by atoms with van der Waals surface area (Å²) in [5, 5.41) is 10.3. The highest BCUT2D eigenvalue weighted by atomic mass is 35.5. The van der Waals surface area contributed by atoms with E-state index in [9.17, 15) is 14.7 Å². The Morgan fingerprint density at radius 1 is 1.14 bits per heavy atom. The van der Waals surface area contributed by atoms with E-state index in [1.165, 1.54) is 0 Å². The van der Waals surface area contributed by atoms with E-state index in [0.29, 0.717) is 33.4 Å². The normalized spacial score (nSPS) is 19.6. The number of amides is 1. The number of fused-ring (bicyclic) bond motifs is 1. The molecule has 7 heteroatoms. The van der Waals surface area contributed by atoms with Crippen molar-refractivity contribution >= 4 is 40.8 Å². The lowest BCUT2D eigenvalue weighted by atomic mass is 9.94. The Morgan fingerprint density at radius 2 is 1.83 bits per heavy atom. The van der Waals surface area contributed by atoms with Gasteiger partial charge in [-0.05, 0) is 29.7 Å². The number of hydrogen-bond donors (Lipinski definition) is 1. The van der Waals surface area contributed by atoms with Gasteiger partial charge in [0.1, 0.15) is 12.2 Å². The first kappa shape index (κ1) is 21.6. The SMILES string of the molecule is CC(C)(C)CN1C(=O)[C@@H](CC(=O)O)O[C@H](c2ccccc2Cl)c2cc(Cl)ccc21. The second-order valence-corrected chi connectivity index (χ2v) is 9.16. The van der Waals surface area contributed by atoms with Crippen LogP contribution in [0.25, 0.3) is 0 Å². The van der Waals surface area contributed by atoms with Crippen LogP contribution in [0.1, 0.15) is 44.4 Å². The largest absolute Gasteiger partial charge is 0.481 e. The molecule has 0 fully saturated rings. The van der Waals surface area contributed by atoms with Crippen LogP contribution < -0.4 is 4.90 Å². The Kier molecular flexibility index (Phi) is 6.22. The van der Waals surface area contributed by atoms with E-state index in [2.05, 4.69) is 0 Å². The molecule has 154 valence electrons. The molecule has 3 rings (SSSR count). The summed E-state index contributed by atoms with van der Waals surface area (Å²) in [6, 6.07) is 12.4. The number of aliphatic carboxylic acids is 1. The van der Waals surface area contributed by atoms with E-state index in [4.69, 9.17) is 27.9 Å². The quantitative estimate of drug-likeness (QED) is 0.703. The summed E-state index contributed by atoms with van der Waals surface area (Å²) in [5.41, 5.74) is 1.76. The van der Waals surface area contributed by atoms with E-state index in [0.717, 1.165) is 0 Å². The maximum atomic E-state index is 13.3. The molecule has 0 unspecified atom stereocenters. The van der Waals surface area contributed by atoms with E-state index in [1.54, 1.807) is 41.3 Å². The molecule has 2 aromatic rings. The van der Waals surface area contributed by atoms with Gasteiger partial charge in [-0.15, -0.1) is 0 Å². The topological polar surface area (TPSA) is 66.8 Å². The first-order valence-corrected chi connectivity index (χ1v) is 10.0. The van der Waals surface area contributed by atoms with Crippen LogP contribution in [-0.4, -0.2) is 29.6 Å². The Hall–Kier alpha value is -2.08. The van der Waals surface area contributed by atoms with Gasteiger partial charge in [-0.2, -0.15) is 0 Å². The average molecular weight is 436 g/mol. The van der Waals surface area contributed by atoms with Gasteiger partial charge >= 0.3 is 5.97 Å². The van der Waals surface area contributed by atoms with Crippen LogP contribution in [0.4, 0.5) is 5.69 Å². The third-order valence-corrected chi connectivity index (χ3v) is 5.16. The van der Waals surface area contributed by atoms with Crippen molar-refractivity contribution in [2.24, 2.45) is 5.41 Å². The predicted octanol–water partition coefficient (Wildman–Crippen LogP) is 5.34. The fourth-order valence-corrected chi connectivity index (χ4v) is 3.84. The van der Waals surface area contributed by atoms with Crippen LogP contribution >= 0.6 is 23.2 Å². The molecule has 0 radical (unpaired) electrons. The van der Waals surface area contributed by atoms with Gasteiger partial charge in [-0.1, -0.05) is 62.2 Å². The monoisotopic (exact) mass is 435 g/mol. The number of ether oxygens (including phenoxy) is 1. The molecule has 1 amide bonds. The maximum Gasteiger partial charge on any atom is 0.306 e. The molecule has 2 aromatic carbocycles. The number of carboxylic acids is 1. The summed E-state index contributed by atoms with van der Waals surface area (Å²) in [6.45, 7) is 6.44. The first-order valence-electron chi connectivity index (χ1n) is 9.29. The number of rotatable bonds is 4. The van der Waals surface area contributed by atoms with Crippen LogP contribution in [0.15, 0.2) is 42.5 Å². The smallest absolute Gasteiger partial charge is 0.306 e. The van der Waals surface area contributed by atoms with Crippen molar-refractivity contribution in [2.45, 2.75) is 39.4 Å². The molecule has 1 heterocycles. The number of carbonyl (C=O) groups is 2. The minimum atomic E-state index is -1.15. The lowest BCUT2D eigenvalue weighted by Crippen LogP contribution is -2.44. The molecule has 1 N–H and O–H groups in total. The number of benzene rings is 2. The summed E-state index contributed by atoms with van der Waals surface area (Å²) < 4.78 is 6.11. The van der Waals surface area contributed by atoms with Crippen molar-refractivity contribution < 1.29 is 19.4 Å². The zero-order valence-corrected chi connectivity index (χ0v) is 18.0. The number of hydrogen-bond acceptors (Lipinski definition) is 3. The Bertz CT molecular complexity index is 939. The van der Waals surface area contributed by atoms with Crippen molar-refractivity contribution in [1.82, 2.24) is 0 Å². The second kappa shape index (κ2) is 8.34. The molecule has 5 nitrogen and oxygen atoms in total. The van der Waals surface area contributed by atoms with Gasteiger partial charge in [0.25, 0.3) is 5.91 Å². The van der Waals surface area contributed by atoms with Crippen molar-refractivity contribution in [2.75, 3.05) is 11.4 Å². The van der Waals surface area contributed by atoms with E-state index in [-0.39, 0.29) is 11.3 Å². The van der Waals surface area contributed by atoms with Gasteiger partial charge in [-0.3, -0.25) is 9.59 Å². The number of carbonyl (C=O) groups excluding carboxylic acids is 1. The van der Waals surface area contributed by atoms with Crippen molar-refractivity contribution in [1.29, 1.82) is 0 Å². The molecule has 2 atom stereocenters. The number of anilines is 1. The van der Waals surface area contributed by atoms with Gasteiger partial charge in [-0.25, -0.2) is 0 Å². The molecule has 0 aromatic heterocycles. The van der Waals surface area contributed by atoms with Crippen molar-refractivity contribution in [3.8, 4) is 0 Å². The van der Waals surface area contributed by atoms with E-state index in [1.807, 2.05) is 26.8 Å². The summed E-state index contributed by atoms with van der Waals surface area (Å²) >= 11 is 12.7. The van der Waals surface area contributed by atoms with Gasteiger partial charge in [0, 0.05) is 33.4 Å². The van der Waals surface area contributed by atoms with Crippen LogP contribution in [0.2, 0.25) is 10.0 Å². The summed E-state index contributed by atoms with van der Waals surface area (Å²) in [4.78, 5) is 26.4. The Balaban J connectivity index is 2.22. The Morgan fingerprint density at radius 3 is 2.45 bits per heavy atom. The third kappa shape index (κ3) is 4.92. The minimum Gasteiger partial charge on any atom is -0.481 e. The molecule has 0 aliphatic carbocycles. The molecule has 0 saturated heterocycles. The lowest BCUT2D eigenvalue weighted by molar-refractivity contribution is -0.147. The average Bonchev–Trinajstić information content (AvgIpc) is 2.71. The molecular weight excluding hydrogens is 413 g/mol. The Labute approximate surface area is 180 Å². The number of halogens is 2. The number of nitrogens with zero attached hydrogens (tertiary/aromatic N) is 1. The molecule has 1 aliphatic heterocycles. The van der Waals surface area contributed by atoms with Crippen LogP contribution in [0, 0.1) is 5.41 Å². The number of carboxylic acid groups (broad SMARTS) is 1. The lowest BCUT2D eigenvalue weighted by Gasteiger charge is -2.31. The first-order chi connectivity index (χ1) is 13.6.